The van der Waals surface area contributed by atoms with Crippen molar-refractivity contribution in [2.24, 2.45) is 39.8 Å². The third-order valence-corrected chi connectivity index (χ3v) is 13.9. The highest BCUT2D eigenvalue weighted by Gasteiger charge is 2.39. The Morgan fingerprint density at radius 2 is 1.14 bits per heavy atom. The van der Waals surface area contributed by atoms with Gasteiger partial charge in [0.25, 0.3) is 0 Å². The van der Waals surface area contributed by atoms with Crippen LogP contribution < -0.4 is 60.2 Å². The lowest BCUT2D eigenvalue weighted by molar-refractivity contribution is -0.142. The molecule has 0 aliphatic carbocycles. The van der Waals surface area contributed by atoms with Gasteiger partial charge in [-0.3, -0.25) is 62.6 Å². The minimum atomic E-state index is -1.63. The van der Waals surface area contributed by atoms with E-state index in [9.17, 15) is 72.9 Å². The molecule has 1 unspecified atom stereocenters. The van der Waals surface area contributed by atoms with Crippen LogP contribution in [0.3, 0.4) is 0 Å². The Morgan fingerprint density at radius 3 is 1.64 bits per heavy atom. The first-order valence-corrected chi connectivity index (χ1v) is 27.5. The smallest absolute Gasteiger partial charge is 0.326 e. The number of hydrogen-bond donors (Lipinski definition) is 14. The van der Waals surface area contributed by atoms with Gasteiger partial charge in [0.05, 0.1) is 11.3 Å². The van der Waals surface area contributed by atoms with E-state index in [0.29, 0.717) is 24.9 Å². The number of carbonyl (C=O) groups is 12. The first-order valence-electron chi connectivity index (χ1n) is 26.5. The van der Waals surface area contributed by atoms with Gasteiger partial charge in [0, 0.05) is 44.5 Å². The lowest BCUT2D eigenvalue weighted by Gasteiger charge is -2.29. The molecule has 9 amide bonds. The Kier molecular flexibility index (Phi) is 30.3. The molecule has 0 radical (unpaired) electrons. The third kappa shape index (κ3) is 24.7. The van der Waals surface area contributed by atoms with E-state index >= 15 is 0 Å². The number of amides is 9. The number of nitrogens with two attached hydrogens (primary N) is 4. The van der Waals surface area contributed by atoms with Crippen molar-refractivity contribution in [3.05, 3.63) is 35.9 Å². The minimum absolute atomic E-state index is 0.0106. The Morgan fingerprint density at radius 1 is 0.650 bits per heavy atom. The summed E-state index contributed by atoms with van der Waals surface area (Å²) in [7, 11) is 0. The predicted molar refractivity (Wildman–Crippen MR) is 293 cm³/mol. The minimum Gasteiger partial charge on any atom is -0.481 e. The van der Waals surface area contributed by atoms with Gasteiger partial charge in [-0.05, 0) is 82.2 Å². The van der Waals surface area contributed by atoms with Gasteiger partial charge in [-0.2, -0.15) is 0 Å². The molecular formula is C51H81N13O15S. The van der Waals surface area contributed by atoms with Crippen molar-refractivity contribution in [2.75, 3.05) is 25.4 Å². The number of guanidine groups is 1. The number of aliphatic carboxylic acids is 3. The van der Waals surface area contributed by atoms with Crippen LogP contribution >= 0.6 is 11.8 Å². The van der Waals surface area contributed by atoms with Gasteiger partial charge in [-0.25, -0.2) is 4.79 Å². The summed E-state index contributed by atoms with van der Waals surface area (Å²) in [6.07, 6.45) is -1.68. The van der Waals surface area contributed by atoms with Gasteiger partial charge in [-0.1, -0.05) is 58.0 Å². The van der Waals surface area contributed by atoms with Crippen molar-refractivity contribution in [3.63, 3.8) is 0 Å². The molecule has 1 heterocycles. The number of rotatable bonds is 38. The van der Waals surface area contributed by atoms with Crippen molar-refractivity contribution in [1.82, 2.24) is 42.1 Å². The number of unbranched alkanes of at least 4 members (excludes halogenated alkanes) is 1. The van der Waals surface area contributed by atoms with E-state index in [4.69, 9.17) is 22.9 Å². The highest BCUT2D eigenvalue weighted by atomic mass is 32.2. The van der Waals surface area contributed by atoms with Gasteiger partial charge in [0.1, 0.15) is 42.3 Å². The number of carbonyl (C=O) groups excluding carboxylic acids is 9. The molecule has 18 N–H and O–H groups in total. The van der Waals surface area contributed by atoms with Crippen LogP contribution in [0, 0.1) is 11.8 Å². The summed E-state index contributed by atoms with van der Waals surface area (Å²) >= 11 is 0.978. The first-order chi connectivity index (χ1) is 37.7. The number of likely N-dealkylation sites (tertiary alicyclic amines) is 1. The monoisotopic (exact) mass is 1150 g/mol. The molecule has 1 aromatic rings. The van der Waals surface area contributed by atoms with E-state index in [1.54, 1.807) is 65.0 Å². The van der Waals surface area contributed by atoms with Crippen LogP contribution in [0.15, 0.2) is 35.3 Å². The van der Waals surface area contributed by atoms with Crippen LogP contribution in [0.2, 0.25) is 0 Å². The van der Waals surface area contributed by atoms with Gasteiger partial charge in [0.2, 0.25) is 53.2 Å². The van der Waals surface area contributed by atoms with E-state index in [1.807, 2.05) is 0 Å². The average molecular weight is 1150 g/mol. The average Bonchev–Trinajstić information content (AvgIpc) is 3.66. The standard InChI is InChI=1S/C51H81N13O15S/c1-6-64-38(65)25-37(49(64)77)80-26-30(53)42(70)57-33(18-20-40(68)69)45(73)63-41(28(4)5)48(76)62-36(24-29-13-8-7-9-14-29)47(75)58-31(16-12-22-56-51(54)55)43(71)59-32(17-19-39(66)67)44(72)61-35(23-27(2)3)46(74)60-34(50(78)79)15-10-11-21-52/h7-9,13-14,27-28,30-37,41H,6,10-12,15-26,52-53H2,1-5H3,(H,57,70)(H,58,75)(H,59,71)(H,60,74)(H,61,72)(H,62,76)(H,63,73)(H,66,67)(H,68,69)(H,78,79)(H4,54,55,56)/t30-,31-,32-,33-,34-,35-,36-,37?,41-/m0/s1. The summed E-state index contributed by atoms with van der Waals surface area (Å²) in [6, 6.07) is -3.26. The fourth-order valence-corrected chi connectivity index (χ4v) is 9.31. The van der Waals surface area contributed by atoms with Crippen LogP contribution in [-0.2, 0) is 64.0 Å². The summed E-state index contributed by atoms with van der Waals surface area (Å²) in [5.41, 5.74) is 23.2. The zero-order valence-electron chi connectivity index (χ0n) is 45.9. The van der Waals surface area contributed by atoms with Crippen LogP contribution in [-0.4, -0.2) is 176 Å². The van der Waals surface area contributed by atoms with Gasteiger partial charge >= 0.3 is 17.9 Å². The molecule has 1 aliphatic heterocycles. The number of nitrogens with zero attached hydrogens (tertiary/aromatic N) is 2. The largest absolute Gasteiger partial charge is 0.481 e. The Hall–Kier alpha value is -7.40. The maximum absolute atomic E-state index is 14.5. The molecule has 1 fully saturated rings. The topological polar surface area (TPSA) is 469 Å². The first kappa shape index (κ1) is 68.7. The second-order valence-corrected chi connectivity index (χ2v) is 21.2. The summed E-state index contributed by atoms with van der Waals surface area (Å²) in [5.74, 6) is -12.7. The Bertz CT molecular complexity index is 2340. The maximum Gasteiger partial charge on any atom is 0.326 e. The molecule has 29 heteroatoms. The maximum atomic E-state index is 14.5. The van der Waals surface area contributed by atoms with Gasteiger partial charge in [0.15, 0.2) is 5.96 Å². The third-order valence-electron chi connectivity index (χ3n) is 12.5. The Balaban J connectivity index is 2.47. The van der Waals surface area contributed by atoms with E-state index in [0.717, 1.165) is 16.7 Å². The molecule has 446 valence electrons. The summed E-state index contributed by atoms with van der Waals surface area (Å²) < 4.78 is 0. The van der Waals surface area contributed by atoms with Crippen molar-refractivity contribution in [2.45, 2.75) is 165 Å². The molecule has 1 aromatic carbocycles. The molecule has 0 bridgehead atoms. The number of hydrogen-bond acceptors (Lipinski definition) is 16. The molecule has 1 saturated heterocycles. The molecule has 0 saturated carbocycles. The predicted octanol–water partition coefficient (Wildman–Crippen LogP) is -2.47. The van der Waals surface area contributed by atoms with E-state index < -0.39 is 150 Å². The second-order valence-electron chi connectivity index (χ2n) is 20.0. The van der Waals surface area contributed by atoms with E-state index in [1.165, 1.54) is 0 Å². The van der Waals surface area contributed by atoms with Gasteiger partial charge < -0.3 is 75.5 Å². The quantitative estimate of drug-likeness (QED) is 0.0141. The molecular weight excluding hydrogens is 1070 g/mol. The fourth-order valence-electron chi connectivity index (χ4n) is 8.19. The summed E-state index contributed by atoms with van der Waals surface area (Å²) in [6.45, 7) is 8.68. The lowest BCUT2D eigenvalue weighted by Crippen LogP contribution is -2.61. The van der Waals surface area contributed by atoms with Gasteiger partial charge in [-0.15, -0.1) is 11.8 Å². The molecule has 0 aromatic heterocycles. The number of nitrogens with one attached hydrogen (secondary N) is 7. The molecule has 0 spiro atoms. The number of benzene rings is 1. The van der Waals surface area contributed by atoms with Crippen LogP contribution in [0.25, 0.3) is 0 Å². The zero-order chi connectivity index (χ0) is 60.2. The number of imide groups is 1. The van der Waals surface area contributed by atoms with Crippen LogP contribution in [0.1, 0.15) is 111 Å². The molecule has 28 nitrogen and oxygen atoms in total. The number of thioether (sulfide) groups is 1. The van der Waals surface area contributed by atoms with Crippen LogP contribution in [0.4, 0.5) is 0 Å². The highest BCUT2D eigenvalue weighted by molar-refractivity contribution is 8.00. The second kappa shape index (κ2) is 35.3. The molecule has 9 atom stereocenters. The number of carboxylic acids is 3. The van der Waals surface area contributed by atoms with Crippen molar-refractivity contribution in [1.29, 1.82) is 0 Å². The van der Waals surface area contributed by atoms with E-state index in [-0.39, 0.29) is 75.2 Å². The molecule has 2 rings (SSSR count). The fraction of sp³-hybridized carbons (Fsp3) is 0.627. The Labute approximate surface area is 468 Å². The molecule has 80 heavy (non-hydrogen) atoms. The SMILES string of the molecule is CCN1C(=O)CC(SC[C@H](N)C(=O)N[C@@H](CCC(=O)O)C(=O)N[C@H](C(=O)N[C@@H](Cc2ccccc2)C(=O)N[C@@H](CCCN=C(N)N)C(=O)N[C@@H](CCC(=O)O)C(=O)N[C@@H](CC(C)C)C(=O)N[C@@H](CCCCN)C(=O)O)C(C)C)C1=O. The summed E-state index contributed by atoms with van der Waals surface area (Å²) in [5, 5.41) is 45.8. The number of aliphatic imine (C=N–C) groups is 1. The normalized spacial score (nSPS) is 16.2. The van der Waals surface area contributed by atoms with Crippen molar-refractivity contribution >= 4 is 88.8 Å². The lowest BCUT2D eigenvalue weighted by atomic mass is 9.99. The highest BCUT2D eigenvalue weighted by Crippen LogP contribution is 2.25. The van der Waals surface area contributed by atoms with E-state index in [2.05, 4.69) is 42.2 Å². The summed E-state index contributed by atoms with van der Waals surface area (Å²) in [4.78, 5) is 163. The molecule has 1 aliphatic rings. The van der Waals surface area contributed by atoms with Crippen molar-refractivity contribution in [3.8, 4) is 0 Å². The van der Waals surface area contributed by atoms with Crippen LogP contribution in [0.5, 0.6) is 0 Å². The van der Waals surface area contributed by atoms with Crippen molar-refractivity contribution < 1.29 is 72.9 Å². The zero-order valence-corrected chi connectivity index (χ0v) is 46.7. The number of carboxylic acid groups (broad SMARTS) is 3.